The second kappa shape index (κ2) is 6.69. The summed E-state index contributed by atoms with van der Waals surface area (Å²) < 4.78 is 32.8. The van der Waals surface area contributed by atoms with E-state index in [4.69, 9.17) is 9.84 Å². The first-order valence-electron chi connectivity index (χ1n) is 5.83. The summed E-state index contributed by atoms with van der Waals surface area (Å²) in [5, 5.41) is 9.09. The average molecular weight is 352 g/mol. The van der Waals surface area contributed by atoms with E-state index in [1.54, 1.807) is 13.0 Å². The molecule has 0 saturated heterocycles. The topological polar surface area (TPSA) is 75.6 Å². The minimum Gasteiger partial charge on any atom is -0.495 e. The molecule has 1 atom stereocenters. The molecule has 0 bridgehead atoms. The smallest absolute Gasteiger partial charge is 0.244 e. The quantitative estimate of drug-likeness (QED) is 0.819. The van der Waals surface area contributed by atoms with Crippen molar-refractivity contribution in [3.05, 3.63) is 22.2 Å². The van der Waals surface area contributed by atoms with Crippen LogP contribution in [0.4, 0.5) is 0 Å². The number of aryl methyl sites for hydroxylation is 1. The van der Waals surface area contributed by atoms with Gasteiger partial charge in [-0.05, 0) is 31.0 Å². The maximum Gasteiger partial charge on any atom is 0.244 e. The number of aliphatic hydroxyl groups excluding tert-OH is 1. The zero-order valence-electron chi connectivity index (χ0n) is 11.1. The third-order valence-electron chi connectivity index (χ3n) is 2.77. The van der Waals surface area contributed by atoms with Crippen molar-refractivity contribution >= 4 is 26.0 Å². The molecule has 1 rings (SSSR count). The molecule has 5 nitrogen and oxygen atoms in total. The molecule has 0 heterocycles. The van der Waals surface area contributed by atoms with E-state index < -0.39 is 16.1 Å². The van der Waals surface area contributed by atoms with Gasteiger partial charge in [0, 0.05) is 10.5 Å². The van der Waals surface area contributed by atoms with Crippen LogP contribution in [0.3, 0.4) is 0 Å². The van der Waals surface area contributed by atoms with Crippen LogP contribution < -0.4 is 9.46 Å². The summed E-state index contributed by atoms with van der Waals surface area (Å²) in [6.07, 6.45) is 0.505. The van der Waals surface area contributed by atoms with Crippen LogP contribution in [0.1, 0.15) is 18.9 Å². The molecule has 1 unspecified atom stereocenters. The first-order chi connectivity index (χ1) is 8.85. The predicted molar refractivity (Wildman–Crippen MR) is 76.9 cm³/mol. The van der Waals surface area contributed by atoms with Gasteiger partial charge in [0.05, 0.1) is 13.7 Å². The second-order valence-corrected chi connectivity index (χ2v) is 6.70. The van der Waals surface area contributed by atoms with Crippen LogP contribution in [0.2, 0.25) is 0 Å². The summed E-state index contributed by atoms with van der Waals surface area (Å²) in [5.41, 5.74) is 0.880. The zero-order chi connectivity index (χ0) is 14.6. The van der Waals surface area contributed by atoms with Gasteiger partial charge in [0.25, 0.3) is 0 Å². The van der Waals surface area contributed by atoms with Crippen molar-refractivity contribution < 1.29 is 18.3 Å². The number of rotatable bonds is 6. The van der Waals surface area contributed by atoms with Crippen LogP contribution >= 0.6 is 15.9 Å². The number of ether oxygens (including phenoxy) is 1. The maximum absolute atomic E-state index is 12.3. The molecule has 0 saturated carbocycles. The number of halogens is 1. The van der Waals surface area contributed by atoms with E-state index in [0.717, 1.165) is 5.56 Å². The Labute approximate surface area is 122 Å². The summed E-state index contributed by atoms with van der Waals surface area (Å²) in [6, 6.07) is 2.65. The van der Waals surface area contributed by atoms with Crippen molar-refractivity contribution in [1.29, 1.82) is 0 Å². The number of benzene rings is 1. The van der Waals surface area contributed by atoms with Crippen molar-refractivity contribution in [3.8, 4) is 5.75 Å². The van der Waals surface area contributed by atoms with Gasteiger partial charge < -0.3 is 9.84 Å². The molecule has 0 fully saturated rings. The highest BCUT2D eigenvalue weighted by Crippen LogP contribution is 2.30. The normalized spacial score (nSPS) is 13.3. The Balaban J connectivity index is 3.24. The Morgan fingerprint density at radius 1 is 1.47 bits per heavy atom. The van der Waals surface area contributed by atoms with Gasteiger partial charge in [-0.1, -0.05) is 22.9 Å². The van der Waals surface area contributed by atoms with Crippen LogP contribution in [-0.2, 0) is 10.0 Å². The van der Waals surface area contributed by atoms with Crippen molar-refractivity contribution in [2.75, 3.05) is 13.7 Å². The molecule has 0 aliphatic carbocycles. The van der Waals surface area contributed by atoms with E-state index in [2.05, 4.69) is 20.7 Å². The van der Waals surface area contributed by atoms with Crippen LogP contribution in [-0.4, -0.2) is 33.3 Å². The van der Waals surface area contributed by atoms with E-state index in [-0.39, 0.29) is 17.3 Å². The molecule has 0 amide bonds. The SMILES string of the molecule is CCC(CO)NS(=O)(=O)c1cc(Br)c(C)cc1OC. The number of hydrogen-bond donors (Lipinski definition) is 2. The first-order valence-corrected chi connectivity index (χ1v) is 8.10. The third kappa shape index (κ3) is 3.92. The van der Waals surface area contributed by atoms with E-state index in [0.29, 0.717) is 10.9 Å². The molecule has 0 aliphatic heterocycles. The highest BCUT2D eigenvalue weighted by atomic mass is 79.9. The van der Waals surface area contributed by atoms with E-state index in [9.17, 15) is 8.42 Å². The zero-order valence-corrected chi connectivity index (χ0v) is 13.5. The van der Waals surface area contributed by atoms with E-state index >= 15 is 0 Å². The van der Waals surface area contributed by atoms with Crippen LogP contribution in [0.5, 0.6) is 5.75 Å². The van der Waals surface area contributed by atoms with E-state index in [1.165, 1.54) is 13.2 Å². The highest BCUT2D eigenvalue weighted by molar-refractivity contribution is 9.10. The Bertz CT molecular complexity index is 541. The second-order valence-electron chi connectivity index (χ2n) is 4.16. The molecule has 0 spiro atoms. The summed E-state index contributed by atoms with van der Waals surface area (Å²) in [6.45, 7) is 3.40. The highest BCUT2D eigenvalue weighted by Gasteiger charge is 2.23. The lowest BCUT2D eigenvalue weighted by atomic mass is 10.2. The predicted octanol–water partition coefficient (Wildman–Crippen LogP) is 1.82. The summed E-state index contributed by atoms with van der Waals surface area (Å²) in [5.74, 6) is 0.279. The van der Waals surface area contributed by atoms with Crippen LogP contribution in [0.25, 0.3) is 0 Å². The molecule has 0 aliphatic rings. The third-order valence-corrected chi connectivity index (χ3v) is 5.17. The van der Waals surface area contributed by atoms with Crippen molar-refractivity contribution in [2.45, 2.75) is 31.2 Å². The van der Waals surface area contributed by atoms with Gasteiger partial charge in [-0.3, -0.25) is 0 Å². The monoisotopic (exact) mass is 351 g/mol. The van der Waals surface area contributed by atoms with Gasteiger partial charge in [-0.2, -0.15) is 0 Å². The Hall–Kier alpha value is -0.630. The summed E-state index contributed by atoms with van der Waals surface area (Å²) >= 11 is 3.31. The average Bonchev–Trinajstić information content (AvgIpc) is 2.38. The maximum atomic E-state index is 12.3. The summed E-state index contributed by atoms with van der Waals surface area (Å²) in [7, 11) is -2.31. The molecule has 2 N–H and O–H groups in total. The molecular weight excluding hydrogens is 334 g/mol. The largest absolute Gasteiger partial charge is 0.495 e. The molecule has 1 aromatic carbocycles. The number of sulfonamides is 1. The molecular formula is C12H18BrNO4S. The fourth-order valence-electron chi connectivity index (χ4n) is 1.54. The number of aliphatic hydroxyl groups is 1. The summed E-state index contributed by atoms with van der Waals surface area (Å²) in [4.78, 5) is 0.0550. The minimum atomic E-state index is -3.73. The fraction of sp³-hybridized carbons (Fsp3) is 0.500. The van der Waals surface area contributed by atoms with Crippen molar-refractivity contribution in [2.24, 2.45) is 0 Å². The van der Waals surface area contributed by atoms with Crippen LogP contribution in [0.15, 0.2) is 21.5 Å². The Morgan fingerprint density at radius 3 is 2.58 bits per heavy atom. The lowest BCUT2D eigenvalue weighted by Gasteiger charge is -2.17. The number of hydrogen-bond acceptors (Lipinski definition) is 4. The molecule has 108 valence electrons. The molecule has 0 aromatic heterocycles. The standard InChI is InChI=1S/C12H18BrNO4S/c1-4-9(7-15)14-19(16,17)12-6-10(13)8(2)5-11(12)18-3/h5-6,9,14-15H,4,7H2,1-3H3. The number of methoxy groups -OCH3 is 1. The molecule has 1 aromatic rings. The van der Waals surface area contributed by atoms with Gasteiger partial charge in [0.15, 0.2) is 0 Å². The lowest BCUT2D eigenvalue weighted by molar-refractivity contribution is 0.253. The van der Waals surface area contributed by atoms with Crippen molar-refractivity contribution in [1.82, 2.24) is 4.72 Å². The van der Waals surface area contributed by atoms with E-state index in [1.807, 2.05) is 6.92 Å². The van der Waals surface area contributed by atoms with Gasteiger partial charge in [-0.25, -0.2) is 13.1 Å². The van der Waals surface area contributed by atoms with Gasteiger partial charge in [0.1, 0.15) is 10.6 Å². The Morgan fingerprint density at radius 2 is 2.11 bits per heavy atom. The molecule has 19 heavy (non-hydrogen) atoms. The number of nitrogens with one attached hydrogen (secondary N) is 1. The fourth-order valence-corrected chi connectivity index (χ4v) is 3.52. The van der Waals surface area contributed by atoms with Crippen molar-refractivity contribution in [3.63, 3.8) is 0 Å². The van der Waals surface area contributed by atoms with Gasteiger partial charge in [0.2, 0.25) is 10.0 Å². The van der Waals surface area contributed by atoms with Gasteiger partial charge >= 0.3 is 0 Å². The van der Waals surface area contributed by atoms with Gasteiger partial charge in [-0.15, -0.1) is 0 Å². The lowest BCUT2D eigenvalue weighted by Crippen LogP contribution is -2.37. The molecule has 0 radical (unpaired) electrons. The molecule has 7 heteroatoms. The van der Waals surface area contributed by atoms with Crippen LogP contribution in [0, 0.1) is 6.92 Å². The first kappa shape index (κ1) is 16.4. The Kier molecular flexibility index (Phi) is 5.79. The minimum absolute atomic E-state index is 0.0550.